The number of imidazole rings is 1. The number of rotatable bonds is 5. The zero-order valence-corrected chi connectivity index (χ0v) is 19.4. The molecule has 1 aliphatic rings. The van der Waals surface area contributed by atoms with E-state index in [1.54, 1.807) is 35.1 Å². The summed E-state index contributed by atoms with van der Waals surface area (Å²) in [5.74, 6) is 0.0558. The average Bonchev–Trinajstić information content (AvgIpc) is 3.27. The van der Waals surface area contributed by atoms with E-state index in [1.165, 1.54) is 12.1 Å². The molecule has 2 aromatic carbocycles. The number of thioether (sulfide) groups is 1. The molecule has 0 fully saturated rings. The van der Waals surface area contributed by atoms with Gasteiger partial charge in [-0.1, -0.05) is 42.5 Å². The van der Waals surface area contributed by atoms with Crippen LogP contribution in [0.3, 0.4) is 0 Å². The van der Waals surface area contributed by atoms with Crippen LogP contribution in [0, 0.1) is 5.82 Å². The lowest BCUT2D eigenvalue weighted by atomic mass is 10.1. The monoisotopic (exact) mass is 499 g/mol. The topological polar surface area (TPSA) is 56.8 Å². The molecule has 0 spiro atoms. The van der Waals surface area contributed by atoms with Crippen LogP contribution in [0.15, 0.2) is 71.8 Å². The van der Waals surface area contributed by atoms with Crippen LogP contribution in [-0.4, -0.2) is 21.0 Å². The molecule has 0 bridgehead atoms. The van der Waals surface area contributed by atoms with Crippen molar-refractivity contribution in [1.29, 1.82) is 0 Å². The van der Waals surface area contributed by atoms with Gasteiger partial charge in [-0.15, -0.1) is 11.8 Å². The standard InChI is InChI=1S/C25H21F4N5S/c1-15-11-20-22(32-24(31-20)25(27,28)29)33-34(15)23-21(35-14-16-5-3-2-4-6-16)12-18(13-30-23)17-7-9-19(26)10-8-17/h2-10,12-13,15,33H,11,14H2,1H3,(H,31,32). The summed E-state index contributed by atoms with van der Waals surface area (Å²) in [6.45, 7) is 1.91. The zero-order chi connectivity index (χ0) is 24.6. The van der Waals surface area contributed by atoms with E-state index < -0.39 is 12.0 Å². The smallest absolute Gasteiger partial charge is 0.336 e. The molecule has 2 aromatic heterocycles. The largest absolute Gasteiger partial charge is 0.449 e. The third kappa shape index (κ3) is 4.97. The van der Waals surface area contributed by atoms with Gasteiger partial charge in [-0.25, -0.2) is 14.4 Å². The van der Waals surface area contributed by atoms with Crippen LogP contribution in [-0.2, 0) is 18.3 Å². The molecular formula is C25H21F4N5S. The van der Waals surface area contributed by atoms with E-state index in [0.29, 0.717) is 23.7 Å². The molecule has 1 unspecified atom stereocenters. The Morgan fingerprint density at radius 1 is 1.06 bits per heavy atom. The van der Waals surface area contributed by atoms with Gasteiger partial charge in [0.05, 0.1) is 16.6 Å². The van der Waals surface area contributed by atoms with E-state index in [2.05, 4.69) is 20.4 Å². The molecule has 1 atom stereocenters. The molecule has 1 aliphatic heterocycles. The number of aromatic nitrogens is 3. The number of H-pyrrole nitrogens is 1. The van der Waals surface area contributed by atoms with Crippen LogP contribution in [0.1, 0.15) is 24.0 Å². The van der Waals surface area contributed by atoms with E-state index in [0.717, 1.165) is 21.6 Å². The lowest BCUT2D eigenvalue weighted by Gasteiger charge is -2.35. The molecule has 0 radical (unpaired) electrons. The summed E-state index contributed by atoms with van der Waals surface area (Å²) in [6.07, 6.45) is -2.53. The number of halogens is 4. The van der Waals surface area contributed by atoms with Crippen molar-refractivity contribution >= 4 is 23.4 Å². The molecule has 0 saturated carbocycles. The van der Waals surface area contributed by atoms with Crippen molar-refractivity contribution in [3.8, 4) is 11.1 Å². The quantitative estimate of drug-likeness (QED) is 0.236. The normalized spacial score (nSPS) is 15.6. The number of benzene rings is 2. The Balaban J connectivity index is 1.50. The number of pyridine rings is 1. The van der Waals surface area contributed by atoms with Gasteiger partial charge < -0.3 is 4.98 Å². The van der Waals surface area contributed by atoms with Crippen molar-refractivity contribution in [2.45, 2.75) is 36.2 Å². The number of alkyl halides is 3. The molecular weight excluding hydrogens is 478 g/mol. The van der Waals surface area contributed by atoms with Gasteiger partial charge in [0.2, 0.25) is 5.82 Å². The molecule has 4 aromatic rings. The van der Waals surface area contributed by atoms with E-state index in [-0.39, 0.29) is 17.7 Å². The summed E-state index contributed by atoms with van der Waals surface area (Å²) in [5, 5.41) is 1.76. The molecule has 180 valence electrons. The number of nitrogens with one attached hydrogen (secondary N) is 2. The number of aromatic amines is 1. The van der Waals surface area contributed by atoms with E-state index in [1.807, 2.05) is 43.3 Å². The van der Waals surface area contributed by atoms with Crippen LogP contribution in [0.2, 0.25) is 0 Å². The summed E-state index contributed by atoms with van der Waals surface area (Å²) in [6, 6.07) is 17.9. The molecule has 35 heavy (non-hydrogen) atoms. The predicted octanol–water partition coefficient (Wildman–Crippen LogP) is 6.70. The highest BCUT2D eigenvalue weighted by Gasteiger charge is 2.38. The minimum atomic E-state index is -4.56. The minimum absolute atomic E-state index is 0.138. The van der Waals surface area contributed by atoms with Gasteiger partial charge in [0.15, 0.2) is 11.6 Å². The highest BCUT2D eigenvalue weighted by molar-refractivity contribution is 7.98. The fourth-order valence-electron chi connectivity index (χ4n) is 3.92. The number of hydrogen-bond donors (Lipinski definition) is 2. The van der Waals surface area contributed by atoms with Crippen LogP contribution in [0.5, 0.6) is 0 Å². The number of anilines is 2. The number of hydrazine groups is 1. The third-order valence-electron chi connectivity index (χ3n) is 5.69. The zero-order valence-electron chi connectivity index (χ0n) is 18.6. The van der Waals surface area contributed by atoms with Crippen LogP contribution >= 0.6 is 11.8 Å². The Morgan fingerprint density at radius 2 is 1.80 bits per heavy atom. The number of fused-ring (bicyclic) bond motifs is 1. The van der Waals surface area contributed by atoms with Crippen molar-refractivity contribution in [3.63, 3.8) is 0 Å². The van der Waals surface area contributed by atoms with Gasteiger partial charge >= 0.3 is 6.18 Å². The third-order valence-corrected chi connectivity index (χ3v) is 6.78. The Bertz CT molecular complexity index is 1320. The molecule has 0 amide bonds. The Kier molecular flexibility index (Phi) is 6.14. The Labute approximate surface area is 203 Å². The maximum atomic E-state index is 13.4. The Morgan fingerprint density at radius 3 is 2.51 bits per heavy atom. The number of hydrogen-bond acceptors (Lipinski definition) is 5. The summed E-state index contributed by atoms with van der Waals surface area (Å²) in [5.41, 5.74) is 6.19. The maximum Gasteiger partial charge on any atom is 0.449 e. The fourth-order valence-corrected chi connectivity index (χ4v) is 4.92. The summed E-state index contributed by atoms with van der Waals surface area (Å²) in [4.78, 5) is 11.6. The van der Waals surface area contributed by atoms with Gasteiger partial charge in [0.1, 0.15) is 5.82 Å². The minimum Gasteiger partial charge on any atom is -0.336 e. The summed E-state index contributed by atoms with van der Waals surface area (Å²) < 4.78 is 52.9. The highest BCUT2D eigenvalue weighted by Crippen LogP contribution is 2.38. The number of nitrogens with zero attached hydrogens (tertiary/aromatic N) is 3. The fraction of sp³-hybridized carbons (Fsp3) is 0.200. The van der Waals surface area contributed by atoms with E-state index in [4.69, 9.17) is 0 Å². The van der Waals surface area contributed by atoms with Crippen molar-refractivity contribution in [2.75, 3.05) is 10.4 Å². The summed E-state index contributed by atoms with van der Waals surface area (Å²) >= 11 is 1.57. The van der Waals surface area contributed by atoms with Crippen LogP contribution < -0.4 is 10.4 Å². The van der Waals surface area contributed by atoms with Gasteiger partial charge in [0.25, 0.3) is 0 Å². The SMILES string of the molecule is CC1Cc2[nH]c(C(F)(F)F)nc2NN1c1ncc(-c2ccc(F)cc2)cc1SCc1ccccc1. The van der Waals surface area contributed by atoms with Crippen LogP contribution in [0.25, 0.3) is 11.1 Å². The van der Waals surface area contributed by atoms with E-state index >= 15 is 0 Å². The molecule has 3 heterocycles. The van der Waals surface area contributed by atoms with Crippen molar-refractivity contribution in [3.05, 3.63) is 89.8 Å². The highest BCUT2D eigenvalue weighted by atomic mass is 32.2. The average molecular weight is 500 g/mol. The van der Waals surface area contributed by atoms with Crippen molar-refractivity contribution in [1.82, 2.24) is 15.0 Å². The van der Waals surface area contributed by atoms with E-state index in [9.17, 15) is 17.6 Å². The first kappa shape index (κ1) is 23.2. The first-order valence-corrected chi connectivity index (χ1v) is 11.9. The first-order chi connectivity index (χ1) is 16.8. The molecule has 0 aliphatic carbocycles. The maximum absolute atomic E-state index is 13.4. The second-order valence-electron chi connectivity index (χ2n) is 8.27. The molecule has 10 heteroatoms. The first-order valence-electron chi connectivity index (χ1n) is 10.9. The second kappa shape index (κ2) is 9.26. The second-order valence-corrected chi connectivity index (χ2v) is 9.29. The lowest BCUT2D eigenvalue weighted by Crippen LogP contribution is -2.44. The molecule has 5 nitrogen and oxygen atoms in total. The predicted molar refractivity (Wildman–Crippen MR) is 128 cm³/mol. The van der Waals surface area contributed by atoms with Gasteiger partial charge in [-0.05, 0) is 36.2 Å². The summed E-state index contributed by atoms with van der Waals surface area (Å²) in [7, 11) is 0. The van der Waals surface area contributed by atoms with Crippen molar-refractivity contribution in [2.24, 2.45) is 0 Å². The molecule has 2 N–H and O–H groups in total. The van der Waals surface area contributed by atoms with Gasteiger partial charge in [-0.2, -0.15) is 13.2 Å². The van der Waals surface area contributed by atoms with Crippen molar-refractivity contribution < 1.29 is 17.6 Å². The van der Waals surface area contributed by atoms with Gasteiger partial charge in [-0.3, -0.25) is 10.4 Å². The molecule has 5 rings (SSSR count). The Hall–Kier alpha value is -3.53. The molecule has 0 saturated heterocycles. The van der Waals surface area contributed by atoms with Crippen LogP contribution in [0.4, 0.5) is 29.2 Å². The lowest BCUT2D eigenvalue weighted by molar-refractivity contribution is -0.144. The van der Waals surface area contributed by atoms with Gasteiger partial charge in [0, 0.05) is 23.9 Å².